The summed E-state index contributed by atoms with van der Waals surface area (Å²) in [6.45, 7) is 5.19. The molecule has 16 heavy (non-hydrogen) atoms. The summed E-state index contributed by atoms with van der Waals surface area (Å²) in [5, 5.41) is 0.702. The maximum absolute atomic E-state index is 12.1. The van der Waals surface area contributed by atoms with Gasteiger partial charge in [-0.05, 0) is 12.8 Å². The Kier molecular flexibility index (Phi) is 4.71. The Morgan fingerprint density at radius 1 is 1.31 bits per heavy atom. The molecule has 1 unspecified atom stereocenters. The summed E-state index contributed by atoms with van der Waals surface area (Å²) in [6.07, 6.45) is 6.17. The molecule has 1 atom stereocenters. The zero-order valence-electron chi connectivity index (χ0n) is 10.3. The van der Waals surface area contributed by atoms with Crippen LogP contribution >= 0.6 is 11.8 Å². The van der Waals surface area contributed by atoms with Gasteiger partial charge >= 0.3 is 0 Å². The van der Waals surface area contributed by atoms with Crippen molar-refractivity contribution in [3.05, 3.63) is 0 Å². The monoisotopic (exact) mass is 241 g/mol. The van der Waals surface area contributed by atoms with Crippen LogP contribution in [0.4, 0.5) is 0 Å². The number of rotatable bonds is 3. The van der Waals surface area contributed by atoms with Crippen LogP contribution in [-0.4, -0.2) is 41.3 Å². The summed E-state index contributed by atoms with van der Waals surface area (Å²) in [5.74, 6) is 2.09. The Balaban J connectivity index is 1.77. The molecular weight excluding hydrogens is 218 g/mol. The van der Waals surface area contributed by atoms with E-state index in [0.29, 0.717) is 17.0 Å². The molecule has 3 heteroatoms. The number of carbonyl (C=O) groups is 1. The number of hydrogen-bond acceptors (Lipinski definition) is 3. The molecule has 2 aliphatic rings. The quantitative estimate of drug-likeness (QED) is 0.757. The molecule has 1 aliphatic heterocycles. The number of nitrogens with zero attached hydrogens (tertiary/aromatic N) is 1. The van der Waals surface area contributed by atoms with Gasteiger partial charge in [0.2, 0.25) is 0 Å². The lowest BCUT2D eigenvalue weighted by Gasteiger charge is -2.31. The van der Waals surface area contributed by atoms with Crippen molar-refractivity contribution < 1.29 is 4.79 Å². The van der Waals surface area contributed by atoms with Crippen LogP contribution in [0.1, 0.15) is 39.0 Å². The van der Waals surface area contributed by atoms with Crippen molar-refractivity contribution in [3.63, 3.8) is 0 Å². The van der Waals surface area contributed by atoms with E-state index in [2.05, 4.69) is 11.8 Å². The minimum Gasteiger partial charge on any atom is -0.298 e. The number of thioether (sulfide) groups is 1. The van der Waals surface area contributed by atoms with Gasteiger partial charge in [0.05, 0.1) is 6.54 Å². The van der Waals surface area contributed by atoms with Gasteiger partial charge in [0, 0.05) is 30.0 Å². The minimum atomic E-state index is 0.388. The predicted molar refractivity (Wildman–Crippen MR) is 69.9 cm³/mol. The van der Waals surface area contributed by atoms with E-state index in [1.807, 2.05) is 11.8 Å². The van der Waals surface area contributed by atoms with Gasteiger partial charge in [-0.1, -0.05) is 26.2 Å². The fourth-order valence-electron chi connectivity index (χ4n) is 2.81. The molecule has 0 aromatic heterocycles. The Hall–Kier alpha value is -0.0200. The van der Waals surface area contributed by atoms with Gasteiger partial charge in [0.15, 0.2) is 0 Å². The molecule has 2 nitrogen and oxygen atoms in total. The van der Waals surface area contributed by atoms with Gasteiger partial charge in [0.25, 0.3) is 0 Å². The molecule has 0 bridgehead atoms. The highest BCUT2D eigenvalue weighted by Gasteiger charge is 2.24. The fraction of sp³-hybridized carbons (Fsp3) is 0.923. The fourth-order valence-corrected chi connectivity index (χ4v) is 3.89. The standard InChI is InChI=1S/C13H23NOS/c1-11-9-14(7-8-16-11)10-13(15)12-5-3-2-4-6-12/h11-12H,2-10H2,1H3. The SMILES string of the molecule is CC1CN(CC(=O)C2CCCCC2)CCS1. The Morgan fingerprint density at radius 2 is 2.06 bits per heavy atom. The molecule has 1 saturated heterocycles. The maximum atomic E-state index is 12.1. The first-order chi connectivity index (χ1) is 7.75. The summed E-state index contributed by atoms with van der Waals surface area (Å²) in [5.41, 5.74) is 0. The van der Waals surface area contributed by atoms with Crippen molar-refractivity contribution in [1.82, 2.24) is 4.90 Å². The van der Waals surface area contributed by atoms with Crippen LogP contribution in [0, 0.1) is 5.92 Å². The highest BCUT2D eigenvalue weighted by atomic mass is 32.2. The van der Waals surface area contributed by atoms with Crippen molar-refractivity contribution in [3.8, 4) is 0 Å². The van der Waals surface area contributed by atoms with Crippen molar-refractivity contribution in [1.29, 1.82) is 0 Å². The molecule has 92 valence electrons. The average molecular weight is 241 g/mol. The van der Waals surface area contributed by atoms with E-state index in [0.717, 1.165) is 32.5 Å². The van der Waals surface area contributed by atoms with E-state index in [4.69, 9.17) is 0 Å². The third kappa shape index (κ3) is 3.49. The lowest BCUT2D eigenvalue weighted by atomic mass is 9.86. The summed E-state index contributed by atoms with van der Waals surface area (Å²) in [7, 11) is 0. The lowest BCUT2D eigenvalue weighted by molar-refractivity contribution is -0.124. The first kappa shape index (κ1) is 12.4. The maximum Gasteiger partial charge on any atom is 0.149 e. The molecule has 1 aliphatic carbocycles. The second-order valence-corrected chi connectivity index (χ2v) is 6.76. The molecule has 0 N–H and O–H groups in total. The summed E-state index contributed by atoms with van der Waals surface area (Å²) < 4.78 is 0. The summed E-state index contributed by atoms with van der Waals surface area (Å²) >= 11 is 2.03. The van der Waals surface area contributed by atoms with Crippen molar-refractivity contribution in [2.45, 2.75) is 44.3 Å². The van der Waals surface area contributed by atoms with Crippen LogP contribution in [0.3, 0.4) is 0 Å². The van der Waals surface area contributed by atoms with Crippen LogP contribution < -0.4 is 0 Å². The summed E-state index contributed by atoms with van der Waals surface area (Å²) in [4.78, 5) is 14.5. The predicted octanol–water partition coefficient (Wildman–Crippen LogP) is 2.57. The molecule has 0 aromatic carbocycles. The Morgan fingerprint density at radius 3 is 2.75 bits per heavy atom. The van der Waals surface area contributed by atoms with E-state index in [-0.39, 0.29) is 0 Å². The van der Waals surface area contributed by atoms with Crippen molar-refractivity contribution in [2.24, 2.45) is 5.92 Å². The van der Waals surface area contributed by atoms with Gasteiger partial charge < -0.3 is 0 Å². The minimum absolute atomic E-state index is 0.388. The molecule has 0 spiro atoms. The molecule has 2 fully saturated rings. The van der Waals surface area contributed by atoms with Crippen LogP contribution in [0.25, 0.3) is 0 Å². The second-order valence-electron chi connectivity index (χ2n) is 5.22. The number of hydrogen-bond donors (Lipinski definition) is 0. The van der Waals surface area contributed by atoms with Gasteiger partial charge in [-0.15, -0.1) is 0 Å². The van der Waals surface area contributed by atoms with E-state index >= 15 is 0 Å². The number of carbonyl (C=O) groups excluding carboxylic acids is 1. The summed E-state index contributed by atoms with van der Waals surface area (Å²) in [6, 6.07) is 0. The van der Waals surface area contributed by atoms with Crippen LogP contribution in [0.5, 0.6) is 0 Å². The molecule has 2 rings (SSSR count). The van der Waals surface area contributed by atoms with Gasteiger partial charge in [0.1, 0.15) is 5.78 Å². The first-order valence-corrected chi connectivity index (χ1v) is 7.67. The largest absolute Gasteiger partial charge is 0.298 e. The van der Waals surface area contributed by atoms with E-state index in [1.54, 1.807) is 0 Å². The van der Waals surface area contributed by atoms with E-state index in [9.17, 15) is 4.79 Å². The van der Waals surface area contributed by atoms with E-state index in [1.165, 1.54) is 25.0 Å². The zero-order chi connectivity index (χ0) is 11.4. The molecule has 1 saturated carbocycles. The van der Waals surface area contributed by atoms with Gasteiger partial charge in [-0.3, -0.25) is 9.69 Å². The van der Waals surface area contributed by atoms with Crippen LogP contribution in [0.15, 0.2) is 0 Å². The number of Topliss-reactive ketones (excluding diaryl/α,β-unsaturated/α-hetero) is 1. The topological polar surface area (TPSA) is 20.3 Å². The zero-order valence-corrected chi connectivity index (χ0v) is 11.1. The van der Waals surface area contributed by atoms with Crippen LogP contribution in [0.2, 0.25) is 0 Å². The Bertz CT molecular complexity index is 238. The highest BCUT2D eigenvalue weighted by molar-refractivity contribution is 7.99. The highest BCUT2D eigenvalue weighted by Crippen LogP contribution is 2.25. The molecule has 0 amide bonds. The molecule has 0 radical (unpaired) electrons. The third-order valence-corrected chi connectivity index (χ3v) is 4.90. The normalized spacial score (nSPS) is 29.2. The number of ketones is 1. The lowest BCUT2D eigenvalue weighted by Crippen LogP contribution is -2.41. The van der Waals surface area contributed by atoms with Crippen LogP contribution in [-0.2, 0) is 4.79 Å². The molecule has 1 heterocycles. The Labute approximate surface area is 103 Å². The third-order valence-electron chi connectivity index (χ3n) is 3.77. The second kappa shape index (κ2) is 6.06. The average Bonchev–Trinajstić information content (AvgIpc) is 2.30. The van der Waals surface area contributed by atoms with Gasteiger partial charge in [-0.25, -0.2) is 0 Å². The smallest absolute Gasteiger partial charge is 0.149 e. The van der Waals surface area contributed by atoms with Crippen molar-refractivity contribution in [2.75, 3.05) is 25.4 Å². The molecule has 0 aromatic rings. The first-order valence-electron chi connectivity index (χ1n) is 6.62. The molecular formula is C13H23NOS. The van der Waals surface area contributed by atoms with Gasteiger partial charge in [-0.2, -0.15) is 11.8 Å². The van der Waals surface area contributed by atoms with E-state index < -0.39 is 0 Å². The van der Waals surface area contributed by atoms with Crippen molar-refractivity contribution >= 4 is 17.5 Å².